The number of carbonyl (C=O) groups is 2. The average molecular weight is 416 g/mol. The van der Waals surface area contributed by atoms with Crippen LogP contribution in [-0.4, -0.2) is 48.1 Å². The summed E-state index contributed by atoms with van der Waals surface area (Å²) < 4.78 is 10.9. The molecule has 1 amide bonds. The molecule has 0 saturated heterocycles. The number of nitrogens with zero attached hydrogens (tertiary/aromatic N) is 1. The molecule has 29 heavy (non-hydrogen) atoms. The Morgan fingerprint density at radius 1 is 1.28 bits per heavy atom. The number of benzene rings is 1. The lowest BCUT2D eigenvalue weighted by Crippen LogP contribution is -2.32. The van der Waals surface area contributed by atoms with Crippen molar-refractivity contribution in [1.82, 2.24) is 4.90 Å². The molecule has 0 fully saturated rings. The van der Waals surface area contributed by atoms with Crippen molar-refractivity contribution >= 4 is 23.0 Å². The van der Waals surface area contributed by atoms with E-state index in [4.69, 9.17) is 9.47 Å². The maximum atomic E-state index is 13.1. The smallest absolute Gasteiger partial charge is 0.290 e. The molecule has 0 radical (unpaired) electrons. The van der Waals surface area contributed by atoms with Crippen LogP contribution in [0.25, 0.3) is 0 Å². The highest BCUT2D eigenvalue weighted by Gasteiger charge is 2.43. The number of aliphatic hydroxyl groups excluding tert-OH is 1. The van der Waals surface area contributed by atoms with Crippen LogP contribution in [0.3, 0.4) is 0 Å². The topological polar surface area (TPSA) is 76.1 Å². The van der Waals surface area contributed by atoms with Crippen LogP contribution in [0, 0.1) is 0 Å². The summed E-state index contributed by atoms with van der Waals surface area (Å²) >= 11 is 1.28. The van der Waals surface area contributed by atoms with Crippen LogP contribution in [0.4, 0.5) is 0 Å². The van der Waals surface area contributed by atoms with Gasteiger partial charge in [0.2, 0.25) is 5.78 Å². The number of thiophene rings is 1. The first-order valence-electron chi connectivity index (χ1n) is 9.52. The molecule has 6 nitrogen and oxygen atoms in total. The number of aliphatic hydroxyl groups is 1. The predicted octanol–water partition coefficient (Wildman–Crippen LogP) is 4.15. The minimum Gasteiger partial charge on any atom is -0.503 e. The van der Waals surface area contributed by atoms with E-state index in [0.29, 0.717) is 30.2 Å². The maximum Gasteiger partial charge on any atom is 0.290 e. The third-order valence-corrected chi connectivity index (χ3v) is 5.45. The fourth-order valence-electron chi connectivity index (χ4n) is 3.41. The Morgan fingerprint density at radius 3 is 2.72 bits per heavy atom. The monoisotopic (exact) mass is 415 g/mol. The van der Waals surface area contributed by atoms with Crippen molar-refractivity contribution in [3.05, 3.63) is 63.6 Å². The molecule has 0 spiro atoms. The quantitative estimate of drug-likeness (QED) is 0.492. The Morgan fingerprint density at radius 2 is 2.07 bits per heavy atom. The largest absolute Gasteiger partial charge is 0.503 e. The summed E-state index contributed by atoms with van der Waals surface area (Å²) in [6.45, 7) is 4.69. The minimum atomic E-state index is -0.676. The summed E-state index contributed by atoms with van der Waals surface area (Å²) in [5.41, 5.74) is 0.828. The molecule has 1 aromatic carbocycles. The summed E-state index contributed by atoms with van der Waals surface area (Å²) in [4.78, 5) is 28.0. The Bertz CT molecular complexity index is 904. The molecule has 7 heteroatoms. The van der Waals surface area contributed by atoms with Gasteiger partial charge in [0, 0.05) is 20.3 Å². The summed E-state index contributed by atoms with van der Waals surface area (Å²) in [5, 5.41) is 12.4. The van der Waals surface area contributed by atoms with Gasteiger partial charge in [-0.25, -0.2) is 0 Å². The van der Waals surface area contributed by atoms with Gasteiger partial charge in [-0.05, 0) is 49.4 Å². The van der Waals surface area contributed by atoms with E-state index in [0.717, 1.165) is 5.56 Å². The molecule has 1 aromatic heterocycles. The predicted molar refractivity (Wildman–Crippen MR) is 111 cm³/mol. The van der Waals surface area contributed by atoms with Crippen molar-refractivity contribution < 1.29 is 24.2 Å². The van der Waals surface area contributed by atoms with E-state index in [9.17, 15) is 14.7 Å². The fraction of sp³-hybridized carbons (Fsp3) is 0.364. The van der Waals surface area contributed by atoms with Crippen LogP contribution in [0.2, 0.25) is 0 Å². The molecule has 0 aliphatic carbocycles. The maximum absolute atomic E-state index is 13.1. The van der Waals surface area contributed by atoms with E-state index in [-0.39, 0.29) is 17.5 Å². The number of rotatable bonds is 9. The number of hydrogen-bond acceptors (Lipinski definition) is 6. The highest BCUT2D eigenvalue weighted by molar-refractivity contribution is 7.12. The summed E-state index contributed by atoms with van der Waals surface area (Å²) in [5.74, 6) is -0.710. The number of hydrogen-bond donors (Lipinski definition) is 1. The van der Waals surface area contributed by atoms with E-state index in [2.05, 4.69) is 0 Å². The van der Waals surface area contributed by atoms with Gasteiger partial charge in [-0.3, -0.25) is 9.59 Å². The lowest BCUT2D eigenvalue weighted by atomic mass is 9.95. The molecular weight excluding hydrogens is 390 g/mol. The number of methoxy groups -OCH3 is 1. The second-order valence-corrected chi connectivity index (χ2v) is 8.00. The van der Waals surface area contributed by atoms with Gasteiger partial charge in [-0.2, -0.15) is 0 Å². The lowest BCUT2D eigenvalue weighted by Gasteiger charge is -2.27. The molecule has 3 rings (SSSR count). The second kappa shape index (κ2) is 9.24. The molecule has 2 heterocycles. The molecule has 1 atom stereocenters. The van der Waals surface area contributed by atoms with Crippen molar-refractivity contribution in [3.63, 3.8) is 0 Å². The first-order valence-corrected chi connectivity index (χ1v) is 10.4. The minimum absolute atomic E-state index is 0.00979. The number of Topliss-reactive ketones (excluding diaryl/α,β-unsaturated/α-hetero) is 1. The molecule has 1 aliphatic heterocycles. The number of amides is 1. The first-order chi connectivity index (χ1) is 13.9. The van der Waals surface area contributed by atoms with Crippen LogP contribution in [-0.2, 0) is 9.53 Å². The van der Waals surface area contributed by atoms with Crippen LogP contribution in [0.15, 0.2) is 53.1 Å². The van der Waals surface area contributed by atoms with E-state index < -0.39 is 17.7 Å². The van der Waals surface area contributed by atoms with Crippen LogP contribution in [0.5, 0.6) is 5.75 Å². The van der Waals surface area contributed by atoms with Gasteiger partial charge in [0.25, 0.3) is 5.91 Å². The zero-order valence-electron chi connectivity index (χ0n) is 16.8. The van der Waals surface area contributed by atoms with E-state index in [1.54, 1.807) is 24.6 Å². The molecule has 154 valence electrons. The highest BCUT2D eigenvalue weighted by Crippen LogP contribution is 2.40. The van der Waals surface area contributed by atoms with Crippen molar-refractivity contribution in [2.45, 2.75) is 32.4 Å². The summed E-state index contributed by atoms with van der Waals surface area (Å²) in [6.07, 6.45) is 0.582. The number of ether oxygens (including phenoxy) is 2. The summed E-state index contributed by atoms with van der Waals surface area (Å²) in [7, 11) is 1.59. The van der Waals surface area contributed by atoms with Crippen molar-refractivity contribution in [3.8, 4) is 5.75 Å². The molecule has 1 aliphatic rings. The van der Waals surface area contributed by atoms with Crippen molar-refractivity contribution in [2.24, 2.45) is 0 Å². The SMILES string of the molecule is COCCCN1C(=O)C(O)=C(C(=O)c2cccs2)C1c1cccc(OC(C)C)c1. The molecule has 0 saturated carbocycles. The molecule has 2 aromatic rings. The van der Waals surface area contributed by atoms with Gasteiger partial charge in [0.1, 0.15) is 5.75 Å². The Balaban J connectivity index is 2.03. The number of ketones is 1. The zero-order valence-corrected chi connectivity index (χ0v) is 17.6. The van der Waals surface area contributed by atoms with Crippen molar-refractivity contribution in [2.75, 3.05) is 20.3 Å². The van der Waals surface area contributed by atoms with Crippen molar-refractivity contribution in [1.29, 1.82) is 0 Å². The molecule has 0 bridgehead atoms. The Labute approximate surface area is 174 Å². The van der Waals surface area contributed by atoms with E-state index in [1.807, 2.05) is 38.1 Å². The molecule has 1 N–H and O–H groups in total. The van der Waals surface area contributed by atoms with Crippen LogP contribution >= 0.6 is 11.3 Å². The zero-order chi connectivity index (χ0) is 21.0. The van der Waals surface area contributed by atoms with Gasteiger partial charge in [0.05, 0.1) is 22.6 Å². The summed E-state index contributed by atoms with van der Waals surface area (Å²) in [6, 6.07) is 10.1. The molecule has 1 unspecified atom stereocenters. The standard InChI is InChI=1S/C22H25NO5S/c1-14(2)28-16-8-4-7-15(13-16)19-18(20(24)17-9-5-12-29-17)21(25)22(26)23(19)10-6-11-27-3/h4-5,7-9,12-14,19,25H,6,10-11H2,1-3H3. The third kappa shape index (κ3) is 4.52. The van der Waals surface area contributed by atoms with Gasteiger partial charge >= 0.3 is 0 Å². The van der Waals surface area contributed by atoms with Gasteiger partial charge in [0.15, 0.2) is 5.76 Å². The fourth-order valence-corrected chi connectivity index (χ4v) is 4.09. The third-order valence-electron chi connectivity index (χ3n) is 4.59. The van der Waals surface area contributed by atoms with Crippen LogP contribution < -0.4 is 4.74 Å². The Hall–Kier alpha value is -2.64. The normalized spacial score (nSPS) is 16.8. The van der Waals surface area contributed by atoms with Gasteiger partial charge in [-0.15, -0.1) is 11.3 Å². The number of carbonyl (C=O) groups excluding carboxylic acids is 2. The first kappa shape index (κ1) is 21.1. The van der Waals surface area contributed by atoms with Gasteiger partial charge < -0.3 is 19.5 Å². The second-order valence-electron chi connectivity index (χ2n) is 7.06. The van der Waals surface area contributed by atoms with Gasteiger partial charge in [-0.1, -0.05) is 18.2 Å². The van der Waals surface area contributed by atoms with Crippen LogP contribution in [0.1, 0.15) is 41.5 Å². The average Bonchev–Trinajstić information content (AvgIpc) is 3.30. The van der Waals surface area contributed by atoms with E-state index in [1.165, 1.54) is 16.2 Å². The van der Waals surface area contributed by atoms with E-state index >= 15 is 0 Å². The molecular formula is C22H25NO5S. The highest BCUT2D eigenvalue weighted by atomic mass is 32.1. The Kier molecular flexibility index (Phi) is 6.71. The lowest BCUT2D eigenvalue weighted by molar-refractivity contribution is -0.129.